The Balaban J connectivity index is 0.000000211. The van der Waals surface area contributed by atoms with Crippen LogP contribution in [0.3, 0.4) is 0 Å². The van der Waals surface area contributed by atoms with E-state index in [9.17, 15) is 21.6 Å². The quantitative estimate of drug-likeness (QED) is 0.112. The Morgan fingerprint density at radius 1 is 0.691 bits per heavy atom. The molecule has 0 aliphatic carbocycles. The SMILES string of the molecule is CC(C)S(=O)(=O)Nc1ccsc1-c1ccc(-c2ccc(C(=O)O)cc2Cl)cc1.CC(C)S(=O)(=O)Nc1ccsc1-c1ccc(B2OC(C)(C)C(C)(C)O2)cc1. The third-order valence-electron chi connectivity index (χ3n) is 9.45. The van der Waals surface area contributed by atoms with Crippen LogP contribution in [-0.4, -0.2) is 56.7 Å². The molecule has 6 rings (SSSR count). The second kappa shape index (κ2) is 16.4. The van der Waals surface area contributed by atoms with Gasteiger partial charge in [0.05, 0.1) is 48.4 Å². The summed E-state index contributed by atoms with van der Waals surface area (Å²) in [7, 11) is -7.22. The number of carboxylic acid groups (broad SMARTS) is 1. The Kier molecular flexibility index (Phi) is 12.7. The lowest BCUT2D eigenvalue weighted by atomic mass is 9.79. The second-order valence-corrected chi connectivity index (χ2v) is 21.2. The number of sulfonamides is 2. The highest BCUT2D eigenvalue weighted by atomic mass is 35.5. The number of benzene rings is 3. The molecule has 0 spiro atoms. The lowest BCUT2D eigenvalue weighted by molar-refractivity contribution is 0.00578. The standard InChI is InChI=1S/C20H18ClNO4S2.C19H26BNO4S2/c1-12(2)28(25,26)22-18-9-10-27-19(18)14-5-3-13(4-6-14)16-8-7-15(20(23)24)11-17(16)21;1-13(2)27(22,23)21-16-11-12-26-17(16)14-7-9-15(10-8-14)20-24-18(3,4)19(5,6)25-20/h3-12,22H,1-2H3,(H,23,24);7-13,21H,1-6H3. The smallest absolute Gasteiger partial charge is 0.478 e. The molecule has 3 heterocycles. The maximum absolute atomic E-state index is 12.2. The van der Waals surface area contributed by atoms with Crippen LogP contribution >= 0.6 is 34.3 Å². The van der Waals surface area contributed by atoms with Gasteiger partial charge < -0.3 is 14.4 Å². The van der Waals surface area contributed by atoms with Crippen LogP contribution < -0.4 is 14.9 Å². The molecule has 5 aromatic rings. The number of nitrogens with one attached hydrogen (secondary N) is 2. The lowest BCUT2D eigenvalue weighted by Gasteiger charge is -2.32. The third kappa shape index (κ3) is 9.65. The minimum absolute atomic E-state index is 0.131. The zero-order valence-electron chi connectivity index (χ0n) is 31.7. The first kappa shape index (κ1) is 42.4. The van der Waals surface area contributed by atoms with Crippen molar-refractivity contribution in [3.05, 3.63) is 100 Å². The van der Waals surface area contributed by atoms with Crippen LogP contribution in [0.5, 0.6) is 0 Å². The van der Waals surface area contributed by atoms with Gasteiger partial charge in [0.1, 0.15) is 0 Å². The summed E-state index contributed by atoms with van der Waals surface area (Å²) in [6.07, 6.45) is 0. The molecule has 10 nitrogen and oxygen atoms in total. The number of anilines is 2. The van der Waals surface area contributed by atoms with Gasteiger partial charge in [-0.1, -0.05) is 66.2 Å². The normalized spacial score (nSPS) is 15.1. The van der Waals surface area contributed by atoms with Gasteiger partial charge in [0.15, 0.2) is 0 Å². The van der Waals surface area contributed by atoms with Gasteiger partial charge in [-0.15, -0.1) is 22.7 Å². The molecule has 0 radical (unpaired) electrons. The van der Waals surface area contributed by atoms with Crippen LogP contribution in [0, 0.1) is 0 Å². The topological polar surface area (TPSA) is 148 Å². The number of hydrogen-bond donors (Lipinski definition) is 3. The first-order valence-corrected chi connectivity index (χ1v) is 22.6. The molecule has 2 aromatic heterocycles. The molecule has 1 saturated heterocycles. The molecule has 0 amide bonds. The first-order valence-electron chi connectivity index (χ1n) is 17.4. The monoisotopic (exact) mass is 842 g/mol. The molecule has 3 aromatic carbocycles. The summed E-state index contributed by atoms with van der Waals surface area (Å²) in [5, 5.41) is 12.1. The largest absolute Gasteiger partial charge is 0.494 e. The Bertz CT molecular complexity index is 2360. The number of hydrogen-bond acceptors (Lipinski definition) is 9. The maximum Gasteiger partial charge on any atom is 0.494 e. The maximum atomic E-state index is 12.2. The van der Waals surface area contributed by atoms with E-state index in [1.165, 1.54) is 34.8 Å². The van der Waals surface area contributed by atoms with Gasteiger partial charge in [-0.3, -0.25) is 9.44 Å². The molecule has 292 valence electrons. The predicted molar refractivity (Wildman–Crippen MR) is 228 cm³/mol. The van der Waals surface area contributed by atoms with E-state index in [1.807, 2.05) is 87.0 Å². The van der Waals surface area contributed by atoms with Crippen molar-refractivity contribution in [2.75, 3.05) is 9.44 Å². The molecule has 16 heteroatoms. The number of halogens is 1. The van der Waals surface area contributed by atoms with E-state index in [0.717, 1.165) is 37.5 Å². The molecule has 1 aliphatic rings. The van der Waals surface area contributed by atoms with E-state index >= 15 is 0 Å². The van der Waals surface area contributed by atoms with Gasteiger partial charge in [0.2, 0.25) is 20.0 Å². The molecule has 1 aliphatic heterocycles. The minimum atomic E-state index is -3.43. The molecule has 0 saturated carbocycles. The van der Waals surface area contributed by atoms with Crippen LogP contribution in [0.15, 0.2) is 89.6 Å². The highest BCUT2D eigenvalue weighted by molar-refractivity contribution is 7.93. The number of carboxylic acids is 1. The number of carbonyl (C=O) groups is 1. The van der Waals surface area contributed by atoms with E-state index in [2.05, 4.69) is 9.44 Å². The molecule has 55 heavy (non-hydrogen) atoms. The van der Waals surface area contributed by atoms with Gasteiger partial charge in [0, 0.05) is 10.6 Å². The van der Waals surface area contributed by atoms with Gasteiger partial charge in [-0.05, 0) is 113 Å². The van der Waals surface area contributed by atoms with Gasteiger partial charge in [-0.25, -0.2) is 21.6 Å². The summed E-state index contributed by atoms with van der Waals surface area (Å²) in [6.45, 7) is 14.7. The summed E-state index contributed by atoms with van der Waals surface area (Å²) in [5.74, 6) is -1.03. The fourth-order valence-electron chi connectivity index (χ4n) is 5.22. The van der Waals surface area contributed by atoms with E-state index in [1.54, 1.807) is 45.9 Å². The molecule has 0 atom stereocenters. The summed E-state index contributed by atoms with van der Waals surface area (Å²) >= 11 is 9.19. The zero-order valence-corrected chi connectivity index (χ0v) is 35.7. The fourth-order valence-corrected chi connectivity index (χ4v) is 8.78. The van der Waals surface area contributed by atoms with Crippen LogP contribution in [0.1, 0.15) is 65.7 Å². The molecule has 3 N–H and O–H groups in total. The molecule has 0 unspecified atom stereocenters. The summed E-state index contributed by atoms with van der Waals surface area (Å²) in [5.41, 5.74) is 4.86. The van der Waals surface area contributed by atoms with Crippen molar-refractivity contribution in [3.63, 3.8) is 0 Å². The summed E-state index contributed by atoms with van der Waals surface area (Å²) in [4.78, 5) is 12.8. The predicted octanol–water partition coefficient (Wildman–Crippen LogP) is 9.45. The third-order valence-corrected chi connectivity index (χ3v) is 15.2. The average Bonchev–Trinajstić information content (AvgIpc) is 3.82. The Morgan fingerprint density at radius 2 is 1.11 bits per heavy atom. The van der Waals surface area contributed by atoms with E-state index in [0.29, 0.717) is 16.4 Å². The minimum Gasteiger partial charge on any atom is -0.478 e. The summed E-state index contributed by atoms with van der Waals surface area (Å²) in [6, 6.07) is 23.5. The van der Waals surface area contributed by atoms with Crippen LogP contribution in [-0.2, 0) is 29.4 Å². The lowest BCUT2D eigenvalue weighted by Crippen LogP contribution is -2.41. The number of aromatic carboxylic acids is 1. The molecular formula is C39H44BClN2O8S4. The number of rotatable bonds is 11. The van der Waals surface area contributed by atoms with E-state index in [4.69, 9.17) is 26.0 Å². The highest BCUT2D eigenvalue weighted by Gasteiger charge is 2.51. The Morgan fingerprint density at radius 3 is 1.51 bits per heavy atom. The second-order valence-electron chi connectivity index (χ2n) is 14.5. The van der Waals surface area contributed by atoms with E-state index < -0.39 is 43.6 Å². The van der Waals surface area contributed by atoms with Gasteiger partial charge in [-0.2, -0.15) is 0 Å². The van der Waals surface area contributed by atoms with Crippen molar-refractivity contribution in [2.45, 2.75) is 77.1 Å². The Labute approximate surface area is 337 Å². The average molecular weight is 843 g/mol. The van der Waals surface area contributed by atoms with Crippen molar-refractivity contribution in [3.8, 4) is 32.0 Å². The fraction of sp³-hybridized carbons (Fsp3) is 0.308. The van der Waals surface area contributed by atoms with Crippen LogP contribution in [0.2, 0.25) is 5.02 Å². The molecule has 1 fully saturated rings. The zero-order chi connectivity index (χ0) is 40.5. The van der Waals surface area contributed by atoms with Gasteiger partial charge >= 0.3 is 13.1 Å². The molecular weight excluding hydrogens is 799 g/mol. The van der Waals surface area contributed by atoms with Gasteiger partial charge in [0.25, 0.3) is 0 Å². The van der Waals surface area contributed by atoms with Crippen LogP contribution in [0.25, 0.3) is 32.0 Å². The van der Waals surface area contributed by atoms with Crippen molar-refractivity contribution < 1.29 is 36.0 Å². The Hall–Kier alpha value is -3.70. The van der Waals surface area contributed by atoms with Crippen molar-refractivity contribution in [1.29, 1.82) is 0 Å². The van der Waals surface area contributed by atoms with Crippen molar-refractivity contribution in [2.24, 2.45) is 0 Å². The highest BCUT2D eigenvalue weighted by Crippen LogP contribution is 2.39. The van der Waals surface area contributed by atoms with Crippen molar-refractivity contribution >= 4 is 84.2 Å². The van der Waals surface area contributed by atoms with E-state index in [-0.39, 0.29) is 16.8 Å². The summed E-state index contributed by atoms with van der Waals surface area (Å²) < 4.78 is 66.2. The van der Waals surface area contributed by atoms with Crippen molar-refractivity contribution in [1.82, 2.24) is 0 Å². The molecule has 0 bridgehead atoms. The first-order chi connectivity index (χ1) is 25.6. The van der Waals surface area contributed by atoms with Crippen LogP contribution in [0.4, 0.5) is 11.4 Å². The number of thiophene rings is 2.